The number of hydrogen-bond donors (Lipinski definition) is 1. The SMILES string of the molecule is O=C(N/N=C\c1cccc(Br)c1)c1cccn(Cc2ccccc2)c1=O. The number of hydrogen-bond acceptors (Lipinski definition) is 3. The predicted octanol–water partition coefficient (Wildman–Crippen LogP) is 3.42. The summed E-state index contributed by atoms with van der Waals surface area (Å²) in [6, 6.07) is 20.3. The summed E-state index contributed by atoms with van der Waals surface area (Å²) in [5, 5.41) is 3.92. The van der Waals surface area contributed by atoms with Gasteiger partial charge in [-0.3, -0.25) is 9.59 Å². The normalized spacial score (nSPS) is 10.8. The minimum absolute atomic E-state index is 0.0508. The van der Waals surface area contributed by atoms with Crippen molar-refractivity contribution in [1.29, 1.82) is 0 Å². The summed E-state index contributed by atoms with van der Waals surface area (Å²) in [6.45, 7) is 0.405. The van der Waals surface area contributed by atoms with E-state index in [0.717, 1.165) is 15.6 Å². The Hall–Kier alpha value is -2.99. The first kappa shape index (κ1) is 17.8. The second-order valence-corrected chi connectivity index (χ2v) is 6.51. The van der Waals surface area contributed by atoms with Crippen LogP contribution in [-0.4, -0.2) is 16.7 Å². The molecule has 6 heteroatoms. The van der Waals surface area contributed by atoms with E-state index in [9.17, 15) is 9.59 Å². The molecule has 26 heavy (non-hydrogen) atoms. The summed E-state index contributed by atoms with van der Waals surface area (Å²) >= 11 is 3.37. The van der Waals surface area contributed by atoms with Crippen LogP contribution in [-0.2, 0) is 6.54 Å². The second kappa shape index (κ2) is 8.40. The van der Waals surface area contributed by atoms with Gasteiger partial charge in [0.1, 0.15) is 5.56 Å². The fraction of sp³-hybridized carbons (Fsp3) is 0.0500. The molecule has 0 spiro atoms. The number of pyridine rings is 1. The molecule has 130 valence electrons. The monoisotopic (exact) mass is 409 g/mol. The van der Waals surface area contributed by atoms with Gasteiger partial charge in [0.05, 0.1) is 12.8 Å². The van der Waals surface area contributed by atoms with E-state index in [4.69, 9.17) is 0 Å². The quantitative estimate of drug-likeness (QED) is 0.518. The summed E-state index contributed by atoms with van der Waals surface area (Å²) < 4.78 is 2.42. The first-order chi connectivity index (χ1) is 12.6. The molecule has 0 unspecified atom stereocenters. The number of benzene rings is 2. The molecule has 0 aliphatic carbocycles. The molecule has 5 nitrogen and oxygen atoms in total. The Morgan fingerprint density at radius 1 is 1.08 bits per heavy atom. The number of carbonyl (C=O) groups excluding carboxylic acids is 1. The molecule has 0 saturated carbocycles. The number of nitrogens with one attached hydrogen (secondary N) is 1. The third-order valence-corrected chi connectivity index (χ3v) is 4.18. The van der Waals surface area contributed by atoms with Crippen LogP contribution in [0.4, 0.5) is 0 Å². The second-order valence-electron chi connectivity index (χ2n) is 5.59. The fourth-order valence-electron chi connectivity index (χ4n) is 2.43. The Labute approximate surface area is 159 Å². The van der Waals surface area contributed by atoms with Crippen LogP contribution >= 0.6 is 15.9 Å². The van der Waals surface area contributed by atoms with E-state index in [0.29, 0.717) is 6.54 Å². The molecule has 3 rings (SSSR count). The standard InChI is InChI=1S/C20H16BrN3O2/c21-17-9-4-8-16(12-17)13-22-23-19(25)18-10-5-11-24(20(18)26)14-15-6-2-1-3-7-15/h1-13H,14H2,(H,23,25)/b22-13-. The van der Waals surface area contributed by atoms with Crippen molar-refractivity contribution in [1.82, 2.24) is 9.99 Å². The van der Waals surface area contributed by atoms with Crippen molar-refractivity contribution in [2.75, 3.05) is 0 Å². The third-order valence-electron chi connectivity index (χ3n) is 3.69. The molecule has 0 radical (unpaired) electrons. The lowest BCUT2D eigenvalue weighted by Gasteiger charge is -2.07. The highest BCUT2D eigenvalue weighted by Crippen LogP contribution is 2.09. The smallest absolute Gasteiger partial charge is 0.276 e. The van der Waals surface area contributed by atoms with Crippen molar-refractivity contribution in [3.8, 4) is 0 Å². The van der Waals surface area contributed by atoms with Gasteiger partial charge in [-0.25, -0.2) is 5.43 Å². The molecule has 0 saturated heterocycles. The van der Waals surface area contributed by atoms with Crippen LogP contribution in [0.3, 0.4) is 0 Å². The van der Waals surface area contributed by atoms with Crippen LogP contribution in [0, 0.1) is 0 Å². The molecule has 1 amide bonds. The zero-order chi connectivity index (χ0) is 18.4. The zero-order valence-corrected chi connectivity index (χ0v) is 15.4. The van der Waals surface area contributed by atoms with Crippen LogP contribution < -0.4 is 11.0 Å². The summed E-state index contributed by atoms with van der Waals surface area (Å²) in [6.07, 6.45) is 3.19. The van der Waals surface area contributed by atoms with Crippen molar-refractivity contribution < 1.29 is 4.79 Å². The van der Waals surface area contributed by atoms with Crippen molar-refractivity contribution >= 4 is 28.1 Å². The number of hydrazone groups is 1. The van der Waals surface area contributed by atoms with Gasteiger partial charge in [0.15, 0.2) is 0 Å². The van der Waals surface area contributed by atoms with Crippen molar-refractivity contribution in [3.05, 3.63) is 104 Å². The van der Waals surface area contributed by atoms with Gasteiger partial charge in [-0.15, -0.1) is 0 Å². The first-order valence-electron chi connectivity index (χ1n) is 7.96. The van der Waals surface area contributed by atoms with Gasteiger partial charge >= 0.3 is 0 Å². The lowest BCUT2D eigenvalue weighted by Crippen LogP contribution is -2.30. The van der Waals surface area contributed by atoms with E-state index >= 15 is 0 Å². The van der Waals surface area contributed by atoms with Crippen molar-refractivity contribution in [3.63, 3.8) is 0 Å². The Morgan fingerprint density at radius 2 is 1.88 bits per heavy atom. The number of nitrogens with zero attached hydrogens (tertiary/aromatic N) is 2. The van der Waals surface area contributed by atoms with Gasteiger partial charge in [0.25, 0.3) is 11.5 Å². The molecule has 1 heterocycles. The molecule has 1 aromatic heterocycles. The summed E-state index contributed by atoms with van der Waals surface area (Å²) in [4.78, 5) is 24.8. The van der Waals surface area contributed by atoms with Crippen LogP contribution in [0.5, 0.6) is 0 Å². The van der Waals surface area contributed by atoms with Gasteiger partial charge in [0.2, 0.25) is 0 Å². The predicted molar refractivity (Wildman–Crippen MR) is 105 cm³/mol. The maximum absolute atomic E-state index is 12.5. The van der Waals surface area contributed by atoms with Crippen LogP contribution in [0.15, 0.2) is 87.3 Å². The number of carbonyl (C=O) groups is 1. The Balaban J connectivity index is 1.73. The average molecular weight is 410 g/mol. The Kier molecular flexibility index (Phi) is 5.76. The molecule has 0 fully saturated rings. The Bertz CT molecular complexity index is 997. The maximum atomic E-state index is 12.5. The molecular weight excluding hydrogens is 394 g/mol. The van der Waals surface area contributed by atoms with Crippen molar-refractivity contribution in [2.24, 2.45) is 5.10 Å². The molecule has 1 N–H and O–H groups in total. The van der Waals surface area contributed by atoms with Crippen LogP contribution in [0.2, 0.25) is 0 Å². The first-order valence-corrected chi connectivity index (χ1v) is 8.75. The highest BCUT2D eigenvalue weighted by Gasteiger charge is 2.11. The van der Waals surface area contributed by atoms with E-state index in [1.54, 1.807) is 12.3 Å². The number of rotatable bonds is 5. The van der Waals surface area contributed by atoms with Gasteiger partial charge in [-0.1, -0.05) is 58.4 Å². The number of halogens is 1. The van der Waals surface area contributed by atoms with Gasteiger partial charge in [-0.2, -0.15) is 5.10 Å². The number of amides is 1. The van der Waals surface area contributed by atoms with Gasteiger partial charge in [-0.05, 0) is 35.4 Å². The zero-order valence-electron chi connectivity index (χ0n) is 13.8. The minimum atomic E-state index is -0.538. The highest BCUT2D eigenvalue weighted by molar-refractivity contribution is 9.10. The fourth-order valence-corrected chi connectivity index (χ4v) is 2.84. The summed E-state index contributed by atoms with van der Waals surface area (Å²) in [7, 11) is 0. The molecule has 0 bridgehead atoms. The molecule has 0 atom stereocenters. The van der Waals surface area contributed by atoms with E-state index in [1.807, 2.05) is 54.6 Å². The Morgan fingerprint density at radius 3 is 2.65 bits per heavy atom. The average Bonchev–Trinajstić information content (AvgIpc) is 2.64. The molecule has 0 aliphatic heterocycles. The maximum Gasteiger partial charge on any atom is 0.276 e. The third kappa shape index (κ3) is 4.55. The van der Waals surface area contributed by atoms with Gasteiger partial charge < -0.3 is 4.57 Å². The largest absolute Gasteiger partial charge is 0.310 e. The number of aromatic nitrogens is 1. The van der Waals surface area contributed by atoms with Gasteiger partial charge in [0, 0.05) is 10.7 Å². The van der Waals surface area contributed by atoms with E-state index in [1.165, 1.54) is 16.8 Å². The summed E-state index contributed by atoms with van der Waals surface area (Å²) in [5.74, 6) is -0.538. The van der Waals surface area contributed by atoms with Crippen LogP contribution in [0.25, 0.3) is 0 Å². The molecular formula is C20H16BrN3O2. The summed E-state index contributed by atoms with van der Waals surface area (Å²) in [5.41, 5.74) is 3.91. The van der Waals surface area contributed by atoms with Crippen molar-refractivity contribution in [2.45, 2.75) is 6.54 Å². The molecule has 0 aliphatic rings. The van der Waals surface area contributed by atoms with E-state index in [2.05, 4.69) is 26.5 Å². The van der Waals surface area contributed by atoms with E-state index < -0.39 is 5.91 Å². The highest BCUT2D eigenvalue weighted by atomic mass is 79.9. The molecule has 3 aromatic rings. The lowest BCUT2D eigenvalue weighted by molar-refractivity contribution is 0.0953. The minimum Gasteiger partial charge on any atom is -0.310 e. The topological polar surface area (TPSA) is 63.5 Å². The molecule has 2 aromatic carbocycles. The lowest BCUT2D eigenvalue weighted by atomic mass is 10.2. The van der Waals surface area contributed by atoms with E-state index in [-0.39, 0.29) is 11.1 Å². The van der Waals surface area contributed by atoms with Crippen LogP contribution in [0.1, 0.15) is 21.5 Å².